The monoisotopic (exact) mass is 487 g/mol. The summed E-state index contributed by atoms with van der Waals surface area (Å²) in [4.78, 5) is 15.6. The Hall–Kier alpha value is -3.60. The third-order valence-corrected chi connectivity index (χ3v) is 6.77. The number of hydrogen-bond donors (Lipinski definition) is 1. The van der Waals surface area contributed by atoms with Crippen LogP contribution >= 0.6 is 0 Å². The Kier molecular flexibility index (Phi) is 6.22. The topological polar surface area (TPSA) is 138 Å². The lowest BCUT2D eigenvalue weighted by molar-refractivity contribution is 0.0120. The van der Waals surface area contributed by atoms with Crippen molar-refractivity contribution in [2.75, 3.05) is 30.7 Å². The number of nitrogens with one attached hydrogen (secondary N) is 1. The predicted molar refractivity (Wildman–Crippen MR) is 124 cm³/mol. The fraction of sp³-hybridized carbons (Fsp3) is 0.318. The lowest BCUT2D eigenvalue weighted by Gasteiger charge is -2.24. The van der Waals surface area contributed by atoms with E-state index in [1.54, 1.807) is 19.1 Å². The molecule has 2 atom stereocenters. The summed E-state index contributed by atoms with van der Waals surface area (Å²) < 4.78 is 52.0. The zero-order chi connectivity index (χ0) is 24.6. The minimum Gasteiger partial charge on any atom is -0.455 e. The number of halogens is 1. The van der Waals surface area contributed by atoms with Crippen molar-refractivity contribution in [3.05, 3.63) is 63.8 Å². The van der Waals surface area contributed by atoms with E-state index in [0.29, 0.717) is 22.2 Å². The third kappa shape index (κ3) is 4.30. The molecular weight excluding hydrogens is 465 g/mol. The van der Waals surface area contributed by atoms with Crippen LogP contribution in [0.4, 0.5) is 10.1 Å². The second-order valence-electron chi connectivity index (χ2n) is 7.91. The zero-order valence-electron chi connectivity index (χ0n) is 18.6. The van der Waals surface area contributed by atoms with Crippen LogP contribution < -0.4 is 9.62 Å². The van der Waals surface area contributed by atoms with Gasteiger partial charge in [0, 0.05) is 34.5 Å². The van der Waals surface area contributed by atoms with Gasteiger partial charge in [-0.15, -0.1) is 0 Å². The molecule has 1 aromatic heterocycles. The van der Waals surface area contributed by atoms with Gasteiger partial charge in [0.05, 0.1) is 42.8 Å². The van der Waals surface area contributed by atoms with Gasteiger partial charge in [-0.3, -0.25) is 9.10 Å². The lowest BCUT2D eigenvalue weighted by Crippen LogP contribution is -2.37. The quantitative estimate of drug-likeness (QED) is 0.328. The van der Waals surface area contributed by atoms with E-state index in [1.165, 1.54) is 35.6 Å². The summed E-state index contributed by atoms with van der Waals surface area (Å²) in [5, 5.41) is 6.58. The molecule has 12 heteroatoms. The number of benzene rings is 2. The van der Waals surface area contributed by atoms with Crippen molar-refractivity contribution in [3.8, 4) is 11.3 Å². The van der Waals surface area contributed by atoms with Gasteiger partial charge < -0.3 is 14.5 Å². The van der Waals surface area contributed by atoms with Gasteiger partial charge in [-0.05, 0) is 42.8 Å². The third-order valence-electron chi connectivity index (χ3n) is 5.62. The molecule has 0 fully saturated rings. The standard InChI is InChI=1S/C22H22FN5O5S/c1-12-16-8-17-19(9-18(16)28(34(3,30)31)11-15(32-12)10-26-27-24)33-21(20(17)22(29)25-2)13-4-6-14(23)7-5-13/h4-9,12,15H,10-11H2,1-3H3,(H,25,29). The highest BCUT2D eigenvalue weighted by molar-refractivity contribution is 7.92. The number of nitrogens with zero attached hydrogens (tertiary/aromatic N) is 4. The Morgan fingerprint density at radius 1 is 1.32 bits per heavy atom. The highest BCUT2D eigenvalue weighted by Gasteiger charge is 2.33. The molecule has 1 N–H and O–H groups in total. The molecule has 3 aromatic rings. The zero-order valence-corrected chi connectivity index (χ0v) is 19.5. The minimum absolute atomic E-state index is 0.0465. The molecule has 1 amide bonds. The first-order valence-electron chi connectivity index (χ1n) is 10.4. The van der Waals surface area contributed by atoms with Crippen LogP contribution in [-0.4, -0.2) is 46.8 Å². The fourth-order valence-electron chi connectivity index (χ4n) is 4.08. The molecule has 0 bridgehead atoms. The van der Waals surface area contributed by atoms with Crippen LogP contribution in [0.3, 0.4) is 0 Å². The van der Waals surface area contributed by atoms with Gasteiger partial charge in [0.15, 0.2) is 0 Å². The maximum atomic E-state index is 13.5. The average molecular weight is 488 g/mol. The van der Waals surface area contributed by atoms with E-state index in [4.69, 9.17) is 14.7 Å². The second kappa shape index (κ2) is 8.98. The van der Waals surface area contributed by atoms with Crippen molar-refractivity contribution in [2.24, 2.45) is 5.11 Å². The summed E-state index contributed by atoms with van der Waals surface area (Å²) in [5.41, 5.74) is 10.6. The van der Waals surface area contributed by atoms with Crippen LogP contribution in [0, 0.1) is 5.82 Å². The first-order chi connectivity index (χ1) is 16.1. The first kappa shape index (κ1) is 23.6. The van der Waals surface area contributed by atoms with E-state index in [9.17, 15) is 17.6 Å². The van der Waals surface area contributed by atoms with E-state index in [2.05, 4.69) is 15.3 Å². The molecule has 178 valence electrons. The van der Waals surface area contributed by atoms with Gasteiger partial charge in [0.25, 0.3) is 5.91 Å². The van der Waals surface area contributed by atoms with Crippen molar-refractivity contribution in [1.82, 2.24) is 5.32 Å². The number of azide groups is 1. The normalized spacial score (nSPS) is 18.2. The summed E-state index contributed by atoms with van der Waals surface area (Å²) in [7, 11) is -2.26. The van der Waals surface area contributed by atoms with E-state index in [0.717, 1.165) is 6.26 Å². The number of anilines is 1. The molecule has 4 rings (SSSR count). The van der Waals surface area contributed by atoms with Crippen molar-refractivity contribution in [3.63, 3.8) is 0 Å². The van der Waals surface area contributed by atoms with E-state index in [1.807, 2.05) is 0 Å². The van der Waals surface area contributed by atoms with Crippen LogP contribution in [0.5, 0.6) is 0 Å². The summed E-state index contributed by atoms with van der Waals surface area (Å²) in [6.07, 6.45) is -0.178. The molecule has 2 heterocycles. The molecule has 0 radical (unpaired) electrons. The van der Waals surface area contributed by atoms with Gasteiger partial charge in [0.2, 0.25) is 10.0 Å². The number of rotatable bonds is 5. The number of hydrogen-bond acceptors (Lipinski definition) is 6. The number of ether oxygens (including phenoxy) is 1. The van der Waals surface area contributed by atoms with Gasteiger partial charge in [-0.1, -0.05) is 5.11 Å². The van der Waals surface area contributed by atoms with Crippen LogP contribution in [0.15, 0.2) is 45.9 Å². The molecule has 0 spiro atoms. The Morgan fingerprint density at radius 3 is 2.65 bits per heavy atom. The Morgan fingerprint density at radius 2 is 2.03 bits per heavy atom. The van der Waals surface area contributed by atoms with E-state index in [-0.39, 0.29) is 30.0 Å². The molecule has 0 saturated heterocycles. The molecule has 1 aliphatic rings. The maximum Gasteiger partial charge on any atom is 0.255 e. The smallest absolute Gasteiger partial charge is 0.255 e. The molecule has 34 heavy (non-hydrogen) atoms. The molecule has 0 aliphatic carbocycles. The molecule has 2 aromatic carbocycles. The molecule has 0 saturated carbocycles. The van der Waals surface area contributed by atoms with Gasteiger partial charge >= 0.3 is 0 Å². The largest absolute Gasteiger partial charge is 0.455 e. The van der Waals surface area contributed by atoms with Gasteiger partial charge in [-0.25, -0.2) is 12.8 Å². The predicted octanol–water partition coefficient (Wildman–Crippen LogP) is 4.13. The lowest BCUT2D eigenvalue weighted by atomic mass is 10.0. The number of carbonyl (C=O) groups excluding carboxylic acids is 1. The van der Waals surface area contributed by atoms with Crippen LogP contribution in [-0.2, 0) is 14.8 Å². The molecular formula is C22H22FN5O5S. The van der Waals surface area contributed by atoms with Crippen LogP contribution in [0.1, 0.15) is 28.9 Å². The highest BCUT2D eigenvalue weighted by Crippen LogP contribution is 2.42. The number of sulfonamides is 1. The van der Waals surface area contributed by atoms with Crippen LogP contribution in [0.25, 0.3) is 32.7 Å². The number of fused-ring (bicyclic) bond motifs is 2. The average Bonchev–Trinajstić information content (AvgIpc) is 3.10. The van der Waals surface area contributed by atoms with E-state index >= 15 is 0 Å². The van der Waals surface area contributed by atoms with Crippen molar-refractivity contribution >= 4 is 32.6 Å². The van der Waals surface area contributed by atoms with Crippen molar-refractivity contribution in [1.29, 1.82) is 0 Å². The van der Waals surface area contributed by atoms with Crippen molar-refractivity contribution in [2.45, 2.75) is 19.1 Å². The number of amides is 1. The second-order valence-corrected chi connectivity index (χ2v) is 9.81. The van der Waals surface area contributed by atoms with E-state index < -0.39 is 34.0 Å². The molecule has 10 nitrogen and oxygen atoms in total. The van der Waals surface area contributed by atoms with Crippen molar-refractivity contribution < 1.29 is 26.8 Å². The molecule has 2 unspecified atom stereocenters. The van der Waals surface area contributed by atoms with Gasteiger partial charge in [-0.2, -0.15) is 0 Å². The number of carbonyl (C=O) groups is 1. The highest BCUT2D eigenvalue weighted by atomic mass is 32.2. The van der Waals surface area contributed by atoms with Gasteiger partial charge in [0.1, 0.15) is 17.2 Å². The summed E-state index contributed by atoms with van der Waals surface area (Å²) in [6, 6.07) is 8.75. The Bertz CT molecular complexity index is 1410. The first-order valence-corrected chi connectivity index (χ1v) is 12.2. The summed E-state index contributed by atoms with van der Waals surface area (Å²) in [5.74, 6) is -0.616. The number of furan rings is 1. The Balaban J connectivity index is 1.97. The Labute approximate surface area is 195 Å². The molecule has 1 aliphatic heterocycles. The fourth-order valence-corrected chi connectivity index (χ4v) is 5.03. The maximum absolute atomic E-state index is 13.5. The summed E-state index contributed by atoms with van der Waals surface area (Å²) in [6.45, 7) is 1.64. The summed E-state index contributed by atoms with van der Waals surface area (Å²) >= 11 is 0. The SMILES string of the molecule is CNC(=O)c1c(-c2ccc(F)cc2)oc2cc3c(cc12)C(C)OC(CN=[N+]=[N-])CN3S(C)(=O)=O. The minimum atomic E-state index is -3.74. The van der Waals surface area contributed by atoms with Crippen LogP contribution in [0.2, 0.25) is 0 Å².